The normalized spacial score (nSPS) is 12.6. The van der Waals surface area contributed by atoms with E-state index in [1.54, 1.807) is 17.4 Å². The Morgan fingerprint density at radius 2 is 2.18 bits per heavy atom. The van der Waals surface area contributed by atoms with Gasteiger partial charge in [0.05, 0.1) is 4.47 Å². The first kappa shape index (κ1) is 12.7. The van der Waals surface area contributed by atoms with Crippen molar-refractivity contribution < 1.29 is 4.39 Å². The van der Waals surface area contributed by atoms with E-state index in [1.165, 1.54) is 10.9 Å². The van der Waals surface area contributed by atoms with Gasteiger partial charge in [-0.3, -0.25) is 0 Å². The van der Waals surface area contributed by atoms with Gasteiger partial charge in [0.2, 0.25) is 0 Å². The first-order chi connectivity index (χ1) is 8.18. The highest BCUT2D eigenvalue weighted by molar-refractivity contribution is 9.10. The van der Waals surface area contributed by atoms with Gasteiger partial charge in [0.1, 0.15) is 5.82 Å². The number of halogens is 2. The number of hydrogen-bond donors (Lipinski definition) is 1. The second kappa shape index (κ2) is 5.76. The molecular formula is C13H13BrFNS. The van der Waals surface area contributed by atoms with Crippen LogP contribution in [0.25, 0.3) is 0 Å². The average Bonchev–Trinajstić information content (AvgIpc) is 2.84. The molecule has 4 heteroatoms. The second-order valence-electron chi connectivity index (χ2n) is 3.83. The van der Waals surface area contributed by atoms with E-state index in [2.05, 4.69) is 39.6 Å². The van der Waals surface area contributed by atoms with E-state index in [1.807, 2.05) is 12.1 Å². The van der Waals surface area contributed by atoms with Crippen molar-refractivity contribution in [1.29, 1.82) is 0 Å². The number of hydrogen-bond acceptors (Lipinski definition) is 2. The second-order valence-corrected chi connectivity index (χ2v) is 5.60. The monoisotopic (exact) mass is 313 g/mol. The van der Waals surface area contributed by atoms with Crippen LogP contribution in [0.5, 0.6) is 0 Å². The van der Waals surface area contributed by atoms with Crippen molar-refractivity contribution in [1.82, 2.24) is 5.32 Å². The predicted molar refractivity (Wildman–Crippen MR) is 73.7 cm³/mol. The fraction of sp³-hybridized carbons (Fsp3) is 0.231. The van der Waals surface area contributed by atoms with Gasteiger partial charge in [-0.05, 0) is 45.9 Å². The van der Waals surface area contributed by atoms with Crippen molar-refractivity contribution >= 4 is 27.3 Å². The summed E-state index contributed by atoms with van der Waals surface area (Å²) in [5, 5.41) is 5.44. The molecule has 2 rings (SSSR count). The summed E-state index contributed by atoms with van der Waals surface area (Å²) < 4.78 is 13.9. The van der Waals surface area contributed by atoms with Crippen LogP contribution in [0.3, 0.4) is 0 Å². The molecule has 0 saturated carbocycles. The summed E-state index contributed by atoms with van der Waals surface area (Å²) in [6, 6.07) is 9.52. The Kier molecular flexibility index (Phi) is 4.31. The van der Waals surface area contributed by atoms with Gasteiger partial charge in [0.15, 0.2) is 0 Å². The fourth-order valence-electron chi connectivity index (χ4n) is 1.59. The summed E-state index contributed by atoms with van der Waals surface area (Å²) in [6.07, 6.45) is 0. The topological polar surface area (TPSA) is 12.0 Å². The highest BCUT2D eigenvalue weighted by atomic mass is 79.9. The average molecular weight is 314 g/mol. The van der Waals surface area contributed by atoms with Crippen LogP contribution in [0.15, 0.2) is 40.2 Å². The molecule has 1 aromatic heterocycles. The third-order valence-electron chi connectivity index (χ3n) is 2.60. The smallest absolute Gasteiger partial charge is 0.137 e. The number of thiophene rings is 1. The molecule has 0 saturated heterocycles. The Bertz CT molecular complexity index is 484. The van der Waals surface area contributed by atoms with Crippen LogP contribution in [0.2, 0.25) is 0 Å². The van der Waals surface area contributed by atoms with Crippen molar-refractivity contribution in [2.45, 2.75) is 19.5 Å². The number of benzene rings is 1. The van der Waals surface area contributed by atoms with Gasteiger partial charge in [0, 0.05) is 17.5 Å². The van der Waals surface area contributed by atoms with Crippen molar-refractivity contribution in [2.75, 3.05) is 0 Å². The molecule has 1 N–H and O–H groups in total. The fourth-order valence-corrected chi connectivity index (χ4v) is 2.75. The lowest BCUT2D eigenvalue weighted by atomic mass is 10.2. The largest absolute Gasteiger partial charge is 0.305 e. The molecule has 17 heavy (non-hydrogen) atoms. The van der Waals surface area contributed by atoms with E-state index >= 15 is 0 Å². The van der Waals surface area contributed by atoms with Crippen molar-refractivity contribution in [3.63, 3.8) is 0 Å². The summed E-state index contributed by atoms with van der Waals surface area (Å²) in [4.78, 5) is 1.29. The van der Waals surface area contributed by atoms with Crippen LogP contribution in [-0.4, -0.2) is 0 Å². The maximum Gasteiger partial charge on any atom is 0.137 e. The minimum absolute atomic E-state index is 0.215. The predicted octanol–water partition coefficient (Wildman–Crippen LogP) is 4.50. The molecule has 0 amide bonds. The Balaban J connectivity index is 2.00. The summed E-state index contributed by atoms with van der Waals surface area (Å²) in [5.74, 6) is -0.215. The standard InChI is InChI=1S/C13H13BrFNS/c1-9(12-6-3-7-17-12)16-8-10-4-2-5-11(15)13(10)14/h2-7,9,16H,8H2,1H3. The molecule has 1 aromatic carbocycles. The Labute approximate surface area is 113 Å². The van der Waals surface area contributed by atoms with Gasteiger partial charge >= 0.3 is 0 Å². The molecule has 0 aliphatic carbocycles. The molecule has 1 atom stereocenters. The van der Waals surface area contributed by atoms with Crippen molar-refractivity contribution in [3.05, 3.63) is 56.4 Å². The van der Waals surface area contributed by atoms with Crippen LogP contribution in [-0.2, 0) is 6.54 Å². The van der Waals surface area contributed by atoms with E-state index in [4.69, 9.17) is 0 Å². The zero-order chi connectivity index (χ0) is 12.3. The molecule has 1 nitrogen and oxygen atoms in total. The van der Waals surface area contributed by atoms with E-state index in [0.717, 1.165) is 5.56 Å². The molecule has 90 valence electrons. The van der Waals surface area contributed by atoms with Crippen molar-refractivity contribution in [2.24, 2.45) is 0 Å². The number of nitrogens with one attached hydrogen (secondary N) is 1. The lowest BCUT2D eigenvalue weighted by molar-refractivity contribution is 0.573. The van der Waals surface area contributed by atoms with Crippen molar-refractivity contribution in [3.8, 4) is 0 Å². The highest BCUT2D eigenvalue weighted by Gasteiger charge is 2.08. The molecule has 0 fully saturated rings. The Morgan fingerprint density at radius 3 is 2.88 bits per heavy atom. The minimum Gasteiger partial charge on any atom is -0.305 e. The first-order valence-electron chi connectivity index (χ1n) is 5.38. The van der Waals surface area contributed by atoms with E-state index in [9.17, 15) is 4.39 Å². The van der Waals surface area contributed by atoms with Crippen LogP contribution >= 0.6 is 27.3 Å². The minimum atomic E-state index is -0.215. The third-order valence-corrected chi connectivity index (χ3v) is 4.54. The van der Waals surface area contributed by atoms with Crippen LogP contribution in [0.1, 0.15) is 23.4 Å². The Morgan fingerprint density at radius 1 is 1.35 bits per heavy atom. The highest BCUT2D eigenvalue weighted by Crippen LogP contribution is 2.22. The SMILES string of the molecule is CC(NCc1cccc(F)c1Br)c1cccs1. The van der Waals surface area contributed by atoms with Gasteiger partial charge in [0.25, 0.3) is 0 Å². The van der Waals surface area contributed by atoms with Crippen LogP contribution < -0.4 is 5.32 Å². The molecule has 0 radical (unpaired) electrons. The molecule has 0 bridgehead atoms. The molecule has 0 aliphatic rings. The maximum atomic E-state index is 13.3. The molecule has 0 aliphatic heterocycles. The zero-order valence-electron chi connectivity index (χ0n) is 9.41. The van der Waals surface area contributed by atoms with E-state index in [-0.39, 0.29) is 11.9 Å². The Hall–Kier alpha value is -0.710. The van der Waals surface area contributed by atoms with Crippen LogP contribution in [0, 0.1) is 5.82 Å². The molecule has 0 spiro atoms. The number of rotatable bonds is 4. The maximum absolute atomic E-state index is 13.3. The first-order valence-corrected chi connectivity index (χ1v) is 7.05. The summed E-state index contributed by atoms with van der Waals surface area (Å²) in [6.45, 7) is 2.76. The molecule has 1 heterocycles. The van der Waals surface area contributed by atoms with E-state index < -0.39 is 0 Å². The summed E-state index contributed by atoms with van der Waals surface area (Å²) in [5.41, 5.74) is 0.938. The lowest BCUT2D eigenvalue weighted by Gasteiger charge is -2.13. The van der Waals surface area contributed by atoms with E-state index in [0.29, 0.717) is 11.0 Å². The van der Waals surface area contributed by atoms with Gasteiger partial charge in [-0.2, -0.15) is 0 Å². The van der Waals surface area contributed by atoms with Gasteiger partial charge in [-0.15, -0.1) is 11.3 Å². The molecule has 2 aromatic rings. The lowest BCUT2D eigenvalue weighted by Crippen LogP contribution is -2.17. The third kappa shape index (κ3) is 3.15. The molecular weight excluding hydrogens is 301 g/mol. The quantitative estimate of drug-likeness (QED) is 0.876. The molecule has 1 unspecified atom stereocenters. The zero-order valence-corrected chi connectivity index (χ0v) is 11.8. The van der Waals surface area contributed by atoms with Gasteiger partial charge in [-0.1, -0.05) is 18.2 Å². The van der Waals surface area contributed by atoms with Gasteiger partial charge < -0.3 is 5.32 Å². The van der Waals surface area contributed by atoms with Gasteiger partial charge in [-0.25, -0.2) is 4.39 Å². The summed E-state index contributed by atoms with van der Waals surface area (Å²) in [7, 11) is 0. The van der Waals surface area contributed by atoms with Crippen LogP contribution in [0.4, 0.5) is 4.39 Å². The summed E-state index contributed by atoms with van der Waals surface area (Å²) >= 11 is 4.99.